The van der Waals surface area contributed by atoms with E-state index in [9.17, 15) is 24.6 Å². The van der Waals surface area contributed by atoms with Crippen LogP contribution in [-0.2, 0) is 4.79 Å². The summed E-state index contributed by atoms with van der Waals surface area (Å²) in [6.45, 7) is 0.554. The van der Waals surface area contributed by atoms with Gasteiger partial charge in [-0.2, -0.15) is 0 Å². The first-order valence-corrected chi connectivity index (χ1v) is 10.3. The van der Waals surface area contributed by atoms with E-state index in [4.69, 9.17) is 10.8 Å². The SMILES string of the molecule is CC(O)C(=O)Nc1c(I)c(C(N)=O)c(I)c(C(=O)NCC(O)CO)c1I. The Bertz CT molecular complexity index is 741. The molecule has 0 aliphatic heterocycles. The highest BCUT2D eigenvalue weighted by atomic mass is 127. The smallest absolute Gasteiger partial charge is 0.253 e. The second-order valence-electron chi connectivity index (χ2n) is 5.14. The van der Waals surface area contributed by atoms with Gasteiger partial charge in [-0.25, -0.2) is 0 Å². The van der Waals surface area contributed by atoms with E-state index in [0.29, 0.717) is 7.14 Å². The van der Waals surface area contributed by atoms with Crippen LogP contribution < -0.4 is 16.4 Å². The van der Waals surface area contributed by atoms with Crippen LogP contribution in [0.3, 0.4) is 0 Å². The molecule has 0 fully saturated rings. The van der Waals surface area contributed by atoms with E-state index in [2.05, 4.69) is 10.6 Å². The Labute approximate surface area is 189 Å². The lowest BCUT2D eigenvalue weighted by Crippen LogP contribution is -2.35. The number of benzene rings is 1. The summed E-state index contributed by atoms with van der Waals surface area (Å²) in [4.78, 5) is 36.3. The number of halogens is 3. The number of rotatable bonds is 7. The molecule has 0 aromatic heterocycles. The van der Waals surface area contributed by atoms with Gasteiger partial charge in [0.2, 0.25) is 0 Å². The van der Waals surface area contributed by atoms with Gasteiger partial charge in [0.25, 0.3) is 17.7 Å². The minimum atomic E-state index is -1.30. The first-order valence-electron chi connectivity index (χ1n) is 7.09. The Morgan fingerprint density at radius 1 is 1.08 bits per heavy atom. The van der Waals surface area contributed by atoms with Crippen LogP contribution in [0, 0.1) is 10.7 Å². The van der Waals surface area contributed by atoms with Crippen molar-refractivity contribution < 1.29 is 29.7 Å². The van der Waals surface area contributed by atoms with E-state index in [1.54, 1.807) is 0 Å². The van der Waals surface area contributed by atoms with Crippen molar-refractivity contribution in [2.75, 3.05) is 18.5 Å². The fourth-order valence-corrected chi connectivity index (χ4v) is 6.24. The second kappa shape index (κ2) is 10.3. The van der Waals surface area contributed by atoms with Crippen molar-refractivity contribution in [3.8, 4) is 0 Å². The zero-order valence-corrected chi connectivity index (χ0v) is 19.8. The van der Waals surface area contributed by atoms with Gasteiger partial charge in [0.05, 0.1) is 36.7 Å². The molecule has 2 unspecified atom stereocenters. The number of carbonyl (C=O) groups excluding carboxylic acids is 3. The average molecular weight is 703 g/mol. The van der Waals surface area contributed by atoms with Gasteiger partial charge >= 0.3 is 0 Å². The van der Waals surface area contributed by atoms with Crippen LogP contribution in [-0.4, -0.2) is 58.4 Å². The number of primary amides is 1. The fraction of sp³-hybridized carbons (Fsp3) is 0.357. The highest BCUT2D eigenvalue weighted by Gasteiger charge is 2.28. The van der Waals surface area contributed by atoms with Crippen molar-refractivity contribution in [1.82, 2.24) is 5.32 Å². The summed E-state index contributed by atoms with van der Waals surface area (Å²) >= 11 is 5.48. The number of anilines is 1. The first kappa shape index (κ1) is 23.7. The molecular weight excluding hydrogens is 687 g/mol. The van der Waals surface area contributed by atoms with Crippen LogP contribution >= 0.6 is 67.8 Å². The van der Waals surface area contributed by atoms with Crippen molar-refractivity contribution >= 4 is 91.2 Å². The molecule has 2 atom stereocenters. The summed E-state index contributed by atoms with van der Waals surface area (Å²) in [6.07, 6.45) is -2.43. The molecule has 0 saturated heterocycles. The molecule has 0 saturated carbocycles. The van der Waals surface area contributed by atoms with Crippen molar-refractivity contribution in [2.45, 2.75) is 19.1 Å². The minimum absolute atomic E-state index is 0.0559. The quantitative estimate of drug-likeness (QED) is 0.220. The Morgan fingerprint density at radius 2 is 1.62 bits per heavy atom. The predicted molar refractivity (Wildman–Crippen MR) is 119 cm³/mol. The Hall–Kier alpha value is -0.300. The van der Waals surface area contributed by atoms with E-state index in [0.717, 1.165) is 0 Å². The van der Waals surface area contributed by atoms with Gasteiger partial charge in [0.15, 0.2) is 0 Å². The summed E-state index contributed by atoms with van der Waals surface area (Å²) in [7, 11) is 0. The van der Waals surface area contributed by atoms with Crippen LogP contribution in [0.1, 0.15) is 27.6 Å². The Kier molecular flexibility index (Phi) is 9.40. The number of nitrogens with two attached hydrogens (primary N) is 1. The zero-order valence-electron chi connectivity index (χ0n) is 13.3. The van der Waals surface area contributed by atoms with Crippen LogP contribution in [0.5, 0.6) is 0 Å². The summed E-state index contributed by atoms with van der Waals surface area (Å²) in [5.41, 5.74) is 5.74. The fourth-order valence-electron chi connectivity index (χ4n) is 1.78. The molecule has 12 heteroatoms. The van der Waals surface area contributed by atoms with Gasteiger partial charge in [0.1, 0.15) is 6.10 Å². The maximum Gasteiger partial charge on any atom is 0.253 e. The molecule has 3 amide bonds. The molecule has 1 rings (SSSR count). The van der Waals surface area contributed by atoms with Crippen molar-refractivity contribution in [2.24, 2.45) is 5.73 Å². The first-order chi connectivity index (χ1) is 12.0. The highest BCUT2D eigenvalue weighted by Crippen LogP contribution is 2.35. The minimum Gasteiger partial charge on any atom is -0.394 e. The zero-order chi connectivity index (χ0) is 20.2. The molecule has 1 aromatic carbocycles. The molecule has 144 valence electrons. The normalized spacial score (nSPS) is 13.0. The average Bonchev–Trinajstić information content (AvgIpc) is 2.55. The molecule has 0 spiro atoms. The summed E-state index contributed by atoms with van der Waals surface area (Å²) in [5.74, 6) is -2.11. The molecule has 1 aromatic rings. The Morgan fingerprint density at radius 3 is 2.08 bits per heavy atom. The van der Waals surface area contributed by atoms with Crippen LogP contribution in [0.25, 0.3) is 0 Å². The number of carbonyl (C=O) groups is 3. The highest BCUT2D eigenvalue weighted by molar-refractivity contribution is 14.1. The number of aliphatic hydroxyl groups is 3. The molecule has 26 heavy (non-hydrogen) atoms. The topological polar surface area (TPSA) is 162 Å². The number of amides is 3. The third-order valence-corrected chi connectivity index (χ3v) is 6.36. The summed E-state index contributed by atoms with van der Waals surface area (Å²) in [5, 5.41) is 32.6. The number of nitrogens with one attached hydrogen (secondary N) is 2. The summed E-state index contributed by atoms with van der Waals surface area (Å²) in [6, 6.07) is 0. The maximum absolute atomic E-state index is 12.5. The van der Waals surface area contributed by atoms with Gasteiger partial charge in [-0.05, 0) is 74.7 Å². The number of aliphatic hydroxyl groups excluding tert-OH is 3. The van der Waals surface area contributed by atoms with E-state index in [-0.39, 0.29) is 26.9 Å². The summed E-state index contributed by atoms with van der Waals surface area (Å²) < 4.78 is 0.964. The van der Waals surface area contributed by atoms with E-state index in [1.807, 2.05) is 67.8 Å². The molecule has 0 bridgehead atoms. The van der Waals surface area contributed by atoms with Gasteiger partial charge in [-0.3, -0.25) is 14.4 Å². The molecule has 0 radical (unpaired) electrons. The van der Waals surface area contributed by atoms with Crippen molar-refractivity contribution in [3.63, 3.8) is 0 Å². The lowest BCUT2D eigenvalue weighted by molar-refractivity contribution is -0.123. The van der Waals surface area contributed by atoms with E-state index >= 15 is 0 Å². The van der Waals surface area contributed by atoms with Gasteiger partial charge in [-0.15, -0.1) is 0 Å². The molecular formula is C14H16I3N3O6. The van der Waals surface area contributed by atoms with Gasteiger partial charge < -0.3 is 31.7 Å². The van der Waals surface area contributed by atoms with E-state index < -0.39 is 36.5 Å². The number of hydrogen-bond acceptors (Lipinski definition) is 6. The van der Waals surface area contributed by atoms with Crippen molar-refractivity contribution in [1.29, 1.82) is 0 Å². The van der Waals surface area contributed by atoms with Crippen LogP contribution in [0.4, 0.5) is 5.69 Å². The van der Waals surface area contributed by atoms with Crippen LogP contribution in [0.15, 0.2) is 0 Å². The lowest BCUT2D eigenvalue weighted by Gasteiger charge is -2.19. The monoisotopic (exact) mass is 703 g/mol. The van der Waals surface area contributed by atoms with Gasteiger partial charge in [-0.1, -0.05) is 0 Å². The van der Waals surface area contributed by atoms with Gasteiger partial charge in [0, 0.05) is 10.1 Å². The number of hydrogen-bond donors (Lipinski definition) is 6. The third kappa shape index (κ3) is 5.60. The largest absolute Gasteiger partial charge is 0.394 e. The predicted octanol–water partition coefficient (Wildman–Crippen LogP) is 0.00160. The van der Waals surface area contributed by atoms with E-state index in [1.165, 1.54) is 6.92 Å². The molecule has 9 nitrogen and oxygen atoms in total. The molecule has 0 aliphatic rings. The lowest BCUT2D eigenvalue weighted by atomic mass is 10.1. The third-order valence-electron chi connectivity index (χ3n) is 3.13. The standard InChI is InChI=1S/C14H16I3N3O6/c1-4(22)13(25)20-11-9(16)6(12(18)24)8(15)7(10(11)17)14(26)19-2-5(23)3-21/h4-5,21-23H,2-3H2,1H3,(H2,18,24)(H,19,26)(H,20,25). The maximum atomic E-state index is 12.5. The molecule has 0 aliphatic carbocycles. The Balaban J connectivity index is 3.49. The van der Waals surface area contributed by atoms with Crippen LogP contribution in [0.2, 0.25) is 0 Å². The van der Waals surface area contributed by atoms with Crippen molar-refractivity contribution in [3.05, 3.63) is 21.8 Å². The second-order valence-corrected chi connectivity index (χ2v) is 8.38. The molecule has 7 N–H and O–H groups in total. The molecule has 0 heterocycles.